The van der Waals surface area contributed by atoms with Crippen LogP contribution in [0.2, 0.25) is 0 Å². The van der Waals surface area contributed by atoms with E-state index in [-0.39, 0.29) is 0 Å². The summed E-state index contributed by atoms with van der Waals surface area (Å²) in [6.07, 6.45) is 1.14. The Morgan fingerprint density at radius 3 is 1.62 bits per heavy atom. The van der Waals surface area contributed by atoms with Crippen molar-refractivity contribution in [1.82, 2.24) is 0 Å². The summed E-state index contributed by atoms with van der Waals surface area (Å²) in [6.45, 7) is 2.16. The molecule has 0 fully saturated rings. The Kier molecular flexibility index (Phi) is 5.79. The number of hydrogen-bond donors (Lipinski definition) is 0. The highest BCUT2D eigenvalue weighted by atomic mass is 16.5. The molecule has 1 nitrogen and oxygen atoms in total. The quantitative estimate of drug-likeness (QED) is 0.735. The van der Waals surface area contributed by atoms with Crippen molar-refractivity contribution >= 4 is 0 Å². The zero-order valence-corrected chi connectivity index (χ0v) is 9.89. The minimum Gasteiger partial charge on any atom is -0.497 e. The topological polar surface area (TPSA) is 9.23 Å². The molecule has 0 saturated carbocycles. The van der Waals surface area contributed by atoms with Gasteiger partial charge in [-0.25, -0.2) is 0 Å². The summed E-state index contributed by atoms with van der Waals surface area (Å²) in [7, 11) is 1.66. The van der Waals surface area contributed by atoms with Crippen molar-refractivity contribution in [2.24, 2.45) is 0 Å². The molecule has 2 rings (SSSR count). The van der Waals surface area contributed by atoms with E-state index in [9.17, 15) is 0 Å². The Hall–Kier alpha value is -1.76. The van der Waals surface area contributed by atoms with Crippen LogP contribution in [0.3, 0.4) is 0 Å². The molecule has 2 aromatic carbocycles. The van der Waals surface area contributed by atoms with Crippen molar-refractivity contribution in [2.45, 2.75) is 13.3 Å². The van der Waals surface area contributed by atoms with Gasteiger partial charge in [0.25, 0.3) is 0 Å². The second kappa shape index (κ2) is 7.52. The lowest BCUT2D eigenvalue weighted by atomic mass is 10.2. The third-order valence-electron chi connectivity index (χ3n) is 2.23. The summed E-state index contributed by atoms with van der Waals surface area (Å²) < 4.78 is 4.91. The molecule has 0 unspecified atom stereocenters. The lowest BCUT2D eigenvalue weighted by Gasteiger charge is -1.93. The monoisotopic (exact) mass is 214 g/mol. The minimum atomic E-state index is 0.910. The summed E-state index contributed by atoms with van der Waals surface area (Å²) in [4.78, 5) is 0. The molecule has 0 bridgehead atoms. The Morgan fingerprint density at radius 1 is 0.812 bits per heavy atom. The highest BCUT2D eigenvalue weighted by Gasteiger charge is 1.80. The fourth-order valence-corrected chi connectivity index (χ4v) is 1.27. The summed E-state index contributed by atoms with van der Waals surface area (Å²) in [5.74, 6) is 0.910. The smallest absolute Gasteiger partial charge is 0.118 e. The average molecular weight is 214 g/mol. The largest absolute Gasteiger partial charge is 0.497 e. The highest BCUT2D eigenvalue weighted by molar-refractivity contribution is 5.20. The second-order valence-electron chi connectivity index (χ2n) is 3.36. The van der Waals surface area contributed by atoms with Gasteiger partial charge in [0, 0.05) is 0 Å². The van der Waals surface area contributed by atoms with E-state index in [0.717, 1.165) is 12.2 Å². The maximum Gasteiger partial charge on any atom is 0.118 e. The predicted molar refractivity (Wildman–Crippen MR) is 68.8 cm³/mol. The highest BCUT2D eigenvalue weighted by Crippen LogP contribution is 2.05. The molecule has 0 aliphatic carbocycles. The van der Waals surface area contributed by atoms with Crippen LogP contribution < -0.4 is 4.74 Å². The fourth-order valence-electron chi connectivity index (χ4n) is 1.27. The number of rotatable bonds is 2. The molecule has 0 atom stereocenters. The molecule has 0 saturated heterocycles. The van der Waals surface area contributed by atoms with Crippen LogP contribution in [0, 0.1) is 0 Å². The molecular weight excluding hydrogens is 196 g/mol. The van der Waals surface area contributed by atoms with E-state index in [0.29, 0.717) is 0 Å². The van der Waals surface area contributed by atoms with Crippen LogP contribution >= 0.6 is 0 Å². The third-order valence-corrected chi connectivity index (χ3v) is 2.23. The number of benzene rings is 2. The van der Waals surface area contributed by atoms with Crippen molar-refractivity contribution in [3.05, 3.63) is 66.2 Å². The number of methoxy groups -OCH3 is 1. The van der Waals surface area contributed by atoms with E-state index in [2.05, 4.69) is 31.2 Å². The summed E-state index contributed by atoms with van der Waals surface area (Å²) >= 11 is 0. The third kappa shape index (κ3) is 4.65. The summed E-state index contributed by atoms with van der Waals surface area (Å²) in [5, 5.41) is 0. The van der Waals surface area contributed by atoms with Crippen LogP contribution in [-0.2, 0) is 6.42 Å². The normalized spacial score (nSPS) is 8.88. The van der Waals surface area contributed by atoms with Gasteiger partial charge in [-0.2, -0.15) is 0 Å². The molecule has 16 heavy (non-hydrogen) atoms. The van der Waals surface area contributed by atoms with Gasteiger partial charge in [-0.15, -0.1) is 0 Å². The van der Waals surface area contributed by atoms with Crippen molar-refractivity contribution in [1.29, 1.82) is 0 Å². The van der Waals surface area contributed by atoms with Gasteiger partial charge >= 0.3 is 0 Å². The van der Waals surface area contributed by atoms with Gasteiger partial charge in [0.1, 0.15) is 5.75 Å². The Labute approximate surface area is 97.7 Å². The van der Waals surface area contributed by atoms with Crippen LogP contribution in [0.15, 0.2) is 60.7 Å². The molecule has 0 spiro atoms. The molecule has 0 heterocycles. The zero-order chi connectivity index (χ0) is 11.6. The van der Waals surface area contributed by atoms with Crippen LogP contribution in [0.5, 0.6) is 5.75 Å². The van der Waals surface area contributed by atoms with Crippen LogP contribution in [0.25, 0.3) is 0 Å². The standard InChI is InChI=1S/C8H10.C7H8O/c1-2-8-6-4-3-5-7-8;1-8-7-5-3-2-4-6-7/h3-7H,2H2,1H3;2-6H,1H3. The van der Waals surface area contributed by atoms with Crippen LogP contribution in [-0.4, -0.2) is 7.11 Å². The van der Waals surface area contributed by atoms with E-state index in [1.165, 1.54) is 5.56 Å². The predicted octanol–water partition coefficient (Wildman–Crippen LogP) is 3.94. The first-order chi connectivity index (χ1) is 7.86. The second-order valence-corrected chi connectivity index (χ2v) is 3.36. The molecular formula is C15H18O. The fraction of sp³-hybridized carbons (Fsp3) is 0.200. The van der Waals surface area contributed by atoms with Gasteiger partial charge in [0.15, 0.2) is 0 Å². The van der Waals surface area contributed by atoms with Crippen molar-refractivity contribution in [3.8, 4) is 5.75 Å². The van der Waals surface area contributed by atoms with Crippen molar-refractivity contribution in [3.63, 3.8) is 0 Å². The van der Waals surface area contributed by atoms with Crippen LogP contribution in [0.1, 0.15) is 12.5 Å². The number of ether oxygens (including phenoxy) is 1. The average Bonchev–Trinajstić information content (AvgIpc) is 2.41. The van der Waals surface area contributed by atoms with Gasteiger partial charge in [0.2, 0.25) is 0 Å². The van der Waals surface area contributed by atoms with Crippen LogP contribution in [0.4, 0.5) is 0 Å². The van der Waals surface area contributed by atoms with E-state index in [1.807, 2.05) is 36.4 Å². The van der Waals surface area contributed by atoms with Gasteiger partial charge in [0.05, 0.1) is 7.11 Å². The van der Waals surface area contributed by atoms with Gasteiger partial charge in [-0.3, -0.25) is 0 Å². The summed E-state index contributed by atoms with van der Waals surface area (Å²) in [6, 6.07) is 20.1. The number of hydrogen-bond acceptors (Lipinski definition) is 1. The molecule has 2 aromatic rings. The molecule has 1 heteroatoms. The molecule has 0 radical (unpaired) electrons. The van der Waals surface area contributed by atoms with Gasteiger partial charge < -0.3 is 4.74 Å². The molecule has 0 aliphatic rings. The summed E-state index contributed by atoms with van der Waals surface area (Å²) in [5.41, 5.74) is 1.41. The van der Waals surface area contributed by atoms with E-state index >= 15 is 0 Å². The van der Waals surface area contributed by atoms with E-state index in [1.54, 1.807) is 7.11 Å². The molecule has 0 aliphatic heterocycles. The first-order valence-electron chi connectivity index (χ1n) is 5.49. The lowest BCUT2D eigenvalue weighted by Crippen LogP contribution is -1.78. The lowest BCUT2D eigenvalue weighted by molar-refractivity contribution is 0.415. The molecule has 0 aromatic heterocycles. The van der Waals surface area contributed by atoms with Crippen molar-refractivity contribution < 1.29 is 4.74 Å². The number of aryl methyl sites for hydroxylation is 1. The molecule has 0 N–H and O–H groups in total. The zero-order valence-electron chi connectivity index (χ0n) is 9.89. The number of para-hydroxylation sites is 1. The Balaban J connectivity index is 0.000000160. The maximum atomic E-state index is 4.91. The van der Waals surface area contributed by atoms with Gasteiger partial charge in [-0.05, 0) is 24.1 Å². The van der Waals surface area contributed by atoms with E-state index in [4.69, 9.17) is 4.74 Å². The maximum absolute atomic E-state index is 4.91. The Morgan fingerprint density at radius 2 is 1.31 bits per heavy atom. The van der Waals surface area contributed by atoms with Crippen molar-refractivity contribution in [2.75, 3.05) is 7.11 Å². The SMILES string of the molecule is CCc1ccccc1.COc1ccccc1. The van der Waals surface area contributed by atoms with Gasteiger partial charge in [-0.1, -0.05) is 55.5 Å². The Bertz CT molecular complexity index is 328. The minimum absolute atomic E-state index is 0.910. The van der Waals surface area contributed by atoms with E-state index < -0.39 is 0 Å². The molecule has 0 amide bonds. The first kappa shape index (κ1) is 12.3. The first-order valence-corrected chi connectivity index (χ1v) is 5.49. The molecule has 84 valence electrons.